The summed E-state index contributed by atoms with van der Waals surface area (Å²) in [7, 11) is 0. The molecule has 0 spiro atoms. The van der Waals surface area contributed by atoms with Crippen LogP contribution in [0, 0.1) is 6.92 Å². The van der Waals surface area contributed by atoms with Gasteiger partial charge in [0.15, 0.2) is 0 Å². The van der Waals surface area contributed by atoms with E-state index in [1.54, 1.807) is 0 Å². The lowest BCUT2D eigenvalue weighted by atomic mass is 10.0. The molecule has 12 heavy (non-hydrogen) atoms. The number of carbonyl (C=O) groups is 1. The fraction of sp³-hybridized carbons (Fsp3) is 0.375. The van der Waals surface area contributed by atoms with Gasteiger partial charge in [-0.1, -0.05) is 0 Å². The van der Waals surface area contributed by atoms with Crippen LogP contribution in [0.1, 0.15) is 21.7 Å². The van der Waals surface area contributed by atoms with Gasteiger partial charge in [-0.05, 0) is 13.3 Å². The van der Waals surface area contributed by atoms with Gasteiger partial charge in [0, 0.05) is 17.8 Å². The predicted octanol–water partition coefficient (Wildman–Crippen LogP) is 0.0709. The first-order valence-electron chi connectivity index (χ1n) is 3.87. The number of aryl methyl sites for hydroxylation is 1. The fourth-order valence-corrected chi connectivity index (χ4v) is 1.38. The smallest absolute Gasteiger partial charge is 0.270 e. The highest BCUT2D eigenvalue weighted by atomic mass is 16.1. The van der Waals surface area contributed by atoms with Crippen molar-refractivity contribution in [1.29, 1.82) is 0 Å². The number of hydrogen-bond donors (Lipinski definition) is 1. The molecule has 2 heterocycles. The van der Waals surface area contributed by atoms with Crippen molar-refractivity contribution in [3.63, 3.8) is 0 Å². The second kappa shape index (κ2) is 2.55. The van der Waals surface area contributed by atoms with Crippen LogP contribution in [0.25, 0.3) is 0 Å². The third kappa shape index (κ3) is 0.958. The highest BCUT2D eigenvalue weighted by Gasteiger charge is 2.19. The second-order valence-corrected chi connectivity index (χ2v) is 2.79. The van der Waals surface area contributed by atoms with E-state index >= 15 is 0 Å². The van der Waals surface area contributed by atoms with Crippen LogP contribution < -0.4 is 5.32 Å². The van der Waals surface area contributed by atoms with E-state index < -0.39 is 0 Å². The molecule has 0 saturated carbocycles. The van der Waals surface area contributed by atoms with Gasteiger partial charge in [0.05, 0.1) is 0 Å². The van der Waals surface area contributed by atoms with Crippen molar-refractivity contribution >= 4 is 5.91 Å². The number of carbonyl (C=O) groups excluding carboxylic acids is 1. The molecule has 2 rings (SSSR count). The summed E-state index contributed by atoms with van der Waals surface area (Å²) >= 11 is 0. The molecule has 0 atom stereocenters. The number of nitrogens with one attached hydrogen (secondary N) is 1. The highest BCUT2D eigenvalue weighted by molar-refractivity contribution is 5.94. The molecule has 0 radical (unpaired) electrons. The zero-order valence-corrected chi connectivity index (χ0v) is 6.79. The van der Waals surface area contributed by atoms with Crippen molar-refractivity contribution in [3.8, 4) is 0 Å². The second-order valence-electron chi connectivity index (χ2n) is 2.79. The lowest BCUT2D eigenvalue weighted by Crippen LogP contribution is -2.33. The molecule has 0 aromatic carbocycles. The van der Waals surface area contributed by atoms with Gasteiger partial charge in [-0.25, -0.2) is 9.97 Å². The molecule has 1 aromatic rings. The maximum atomic E-state index is 11.2. The van der Waals surface area contributed by atoms with Gasteiger partial charge < -0.3 is 5.32 Å². The van der Waals surface area contributed by atoms with Crippen molar-refractivity contribution in [2.75, 3.05) is 6.54 Å². The number of fused-ring (bicyclic) bond motifs is 1. The van der Waals surface area contributed by atoms with Crippen molar-refractivity contribution in [2.24, 2.45) is 0 Å². The van der Waals surface area contributed by atoms with Crippen LogP contribution in [0.2, 0.25) is 0 Å². The first-order valence-corrected chi connectivity index (χ1v) is 3.87. The summed E-state index contributed by atoms with van der Waals surface area (Å²) in [5, 5.41) is 2.74. The summed E-state index contributed by atoms with van der Waals surface area (Å²) in [6.45, 7) is 2.60. The Balaban J connectivity index is 2.59. The Morgan fingerprint density at radius 1 is 1.50 bits per heavy atom. The van der Waals surface area contributed by atoms with Gasteiger partial charge in [0.25, 0.3) is 5.91 Å². The lowest BCUT2D eigenvalue weighted by molar-refractivity contribution is 0.0940. The third-order valence-corrected chi connectivity index (χ3v) is 2.04. The van der Waals surface area contributed by atoms with Crippen LogP contribution in [0.5, 0.6) is 0 Å². The summed E-state index contributed by atoms with van der Waals surface area (Å²) in [5.74, 6) is -0.0817. The van der Waals surface area contributed by atoms with E-state index in [0.717, 1.165) is 17.7 Å². The Bertz CT molecular complexity index is 335. The maximum absolute atomic E-state index is 11.2. The first kappa shape index (κ1) is 7.21. The van der Waals surface area contributed by atoms with Gasteiger partial charge in [0.1, 0.15) is 12.0 Å². The highest BCUT2D eigenvalue weighted by Crippen LogP contribution is 2.12. The molecular weight excluding hydrogens is 154 g/mol. The van der Waals surface area contributed by atoms with E-state index in [0.29, 0.717) is 12.2 Å². The summed E-state index contributed by atoms with van der Waals surface area (Å²) in [6, 6.07) is 0. The molecule has 1 aromatic heterocycles. The predicted molar refractivity (Wildman–Crippen MR) is 42.8 cm³/mol. The Kier molecular flexibility index (Phi) is 1.53. The van der Waals surface area contributed by atoms with Crippen molar-refractivity contribution in [1.82, 2.24) is 15.3 Å². The number of nitrogens with zero attached hydrogens (tertiary/aromatic N) is 2. The van der Waals surface area contributed by atoms with Crippen LogP contribution in [-0.4, -0.2) is 22.4 Å². The zero-order valence-electron chi connectivity index (χ0n) is 6.79. The minimum Gasteiger partial charge on any atom is -0.350 e. The van der Waals surface area contributed by atoms with Crippen LogP contribution in [0.15, 0.2) is 6.33 Å². The van der Waals surface area contributed by atoms with Gasteiger partial charge >= 0.3 is 0 Å². The largest absolute Gasteiger partial charge is 0.350 e. The molecule has 1 aliphatic rings. The summed E-state index contributed by atoms with van der Waals surface area (Å²) < 4.78 is 0. The molecule has 0 fully saturated rings. The summed E-state index contributed by atoms with van der Waals surface area (Å²) in [5.41, 5.74) is 2.44. The molecule has 4 heteroatoms. The number of hydrogen-bond acceptors (Lipinski definition) is 3. The SMILES string of the molecule is Cc1ncnc2c1CCNC2=O. The third-order valence-electron chi connectivity index (χ3n) is 2.04. The molecule has 62 valence electrons. The quantitative estimate of drug-likeness (QED) is 0.589. The minimum atomic E-state index is -0.0817. The Hall–Kier alpha value is -1.45. The molecule has 1 amide bonds. The average molecular weight is 163 g/mol. The lowest BCUT2D eigenvalue weighted by Gasteiger charge is -2.15. The number of rotatable bonds is 0. The molecule has 1 aliphatic heterocycles. The normalized spacial score (nSPS) is 15.2. The van der Waals surface area contributed by atoms with Gasteiger partial charge in [-0.15, -0.1) is 0 Å². The van der Waals surface area contributed by atoms with E-state index in [9.17, 15) is 4.79 Å². The van der Waals surface area contributed by atoms with Crippen molar-refractivity contribution in [2.45, 2.75) is 13.3 Å². The minimum absolute atomic E-state index is 0.0817. The standard InChI is InChI=1S/C8H9N3O/c1-5-6-2-3-9-8(12)7(6)11-4-10-5/h4H,2-3H2,1H3,(H,9,12). The maximum Gasteiger partial charge on any atom is 0.270 e. The summed E-state index contributed by atoms with van der Waals surface area (Å²) in [4.78, 5) is 19.2. The average Bonchev–Trinajstić information content (AvgIpc) is 2.07. The van der Waals surface area contributed by atoms with Gasteiger partial charge in [-0.3, -0.25) is 4.79 Å². The Morgan fingerprint density at radius 3 is 3.08 bits per heavy atom. The number of aromatic nitrogens is 2. The van der Waals surface area contributed by atoms with Crippen LogP contribution >= 0.6 is 0 Å². The molecule has 1 N–H and O–H groups in total. The van der Waals surface area contributed by atoms with Gasteiger partial charge in [0.2, 0.25) is 0 Å². The molecule has 0 bridgehead atoms. The van der Waals surface area contributed by atoms with Crippen LogP contribution in [-0.2, 0) is 6.42 Å². The zero-order chi connectivity index (χ0) is 8.55. The van der Waals surface area contributed by atoms with Crippen molar-refractivity contribution in [3.05, 3.63) is 23.3 Å². The van der Waals surface area contributed by atoms with E-state index in [2.05, 4.69) is 15.3 Å². The first-order chi connectivity index (χ1) is 5.79. The van der Waals surface area contributed by atoms with E-state index in [4.69, 9.17) is 0 Å². The molecule has 0 unspecified atom stereocenters. The van der Waals surface area contributed by atoms with Crippen molar-refractivity contribution < 1.29 is 4.79 Å². The molecule has 0 aliphatic carbocycles. The summed E-state index contributed by atoms with van der Waals surface area (Å²) in [6.07, 6.45) is 2.27. The van der Waals surface area contributed by atoms with Crippen LogP contribution in [0.3, 0.4) is 0 Å². The Morgan fingerprint density at radius 2 is 2.33 bits per heavy atom. The molecular formula is C8H9N3O. The molecule has 0 saturated heterocycles. The van der Waals surface area contributed by atoms with E-state index in [1.807, 2.05) is 6.92 Å². The molecule has 4 nitrogen and oxygen atoms in total. The van der Waals surface area contributed by atoms with E-state index in [-0.39, 0.29) is 5.91 Å². The number of amides is 1. The Labute approximate surface area is 70.0 Å². The van der Waals surface area contributed by atoms with E-state index in [1.165, 1.54) is 6.33 Å². The van der Waals surface area contributed by atoms with Gasteiger partial charge in [-0.2, -0.15) is 0 Å². The monoisotopic (exact) mass is 163 g/mol. The fourth-order valence-electron chi connectivity index (χ4n) is 1.38. The van der Waals surface area contributed by atoms with Crippen LogP contribution in [0.4, 0.5) is 0 Å². The topological polar surface area (TPSA) is 54.9 Å².